The van der Waals surface area contributed by atoms with Gasteiger partial charge in [-0.3, -0.25) is 0 Å². The summed E-state index contributed by atoms with van der Waals surface area (Å²) in [5.74, 6) is 0. The number of rotatable bonds is 6. The lowest BCUT2D eigenvalue weighted by Crippen LogP contribution is -2.39. The number of hydrogen-bond acceptors (Lipinski definition) is 3. The molecule has 0 saturated carbocycles. The van der Waals surface area contributed by atoms with Gasteiger partial charge in [0, 0.05) is 13.1 Å². The molecule has 0 atom stereocenters. The Kier molecular flexibility index (Phi) is 5.55. The number of nitrogens with zero attached hydrogens (tertiary/aromatic N) is 1. The first-order valence-electron chi connectivity index (χ1n) is 6.01. The Balaban J connectivity index is 3.21. The fourth-order valence-corrected chi connectivity index (χ4v) is 3.45. The van der Waals surface area contributed by atoms with Crippen LogP contribution >= 0.6 is 0 Å². The minimum absolute atomic E-state index is 0.0968. The zero-order chi connectivity index (χ0) is 15.4. The lowest BCUT2D eigenvalue weighted by Gasteiger charge is -2.23. The zero-order valence-corrected chi connectivity index (χ0v) is 12.1. The van der Waals surface area contributed by atoms with Gasteiger partial charge in [-0.05, 0) is 18.7 Å². The Morgan fingerprint density at radius 2 is 1.85 bits per heavy atom. The molecular weight excluding hydrogens is 293 g/mol. The molecule has 1 aromatic carbocycles. The molecule has 1 N–H and O–H groups in total. The van der Waals surface area contributed by atoms with E-state index in [-0.39, 0.29) is 18.0 Å². The van der Waals surface area contributed by atoms with Gasteiger partial charge in [0.15, 0.2) is 0 Å². The van der Waals surface area contributed by atoms with Crippen molar-refractivity contribution in [1.29, 1.82) is 0 Å². The molecule has 0 aromatic heterocycles. The molecule has 0 amide bonds. The number of halogens is 3. The first kappa shape index (κ1) is 16.9. The van der Waals surface area contributed by atoms with Crippen molar-refractivity contribution in [3.63, 3.8) is 0 Å². The van der Waals surface area contributed by atoms with E-state index < -0.39 is 22.7 Å². The Hall–Kier alpha value is -1.12. The molecule has 0 heterocycles. The second kappa shape index (κ2) is 6.55. The van der Waals surface area contributed by atoms with E-state index in [1.807, 2.05) is 0 Å². The van der Waals surface area contributed by atoms with Crippen LogP contribution in [-0.2, 0) is 16.6 Å². The monoisotopic (exact) mass is 310 g/mol. The smallest absolute Gasteiger partial charge is 0.316 e. The predicted molar refractivity (Wildman–Crippen MR) is 69.7 cm³/mol. The maximum atomic E-state index is 12.5. The Morgan fingerprint density at radius 1 is 1.25 bits per heavy atom. The average Bonchev–Trinajstić information content (AvgIpc) is 2.35. The highest BCUT2D eigenvalue weighted by Gasteiger charge is 2.36. The summed E-state index contributed by atoms with van der Waals surface area (Å²) < 4.78 is 62.5. The largest absolute Gasteiger partial charge is 0.402 e. The summed E-state index contributed by atoms with van der Waals surface area (Å²) in [5.41, 5.74) is 0.440. The summed E-state index contributed by atoms with van der Waals surface area (Å²) in [5, 5.41) is 2.80. The van der Waals surface area contributed by atoms with Crippen LogP contribution < -0.4 is 5.32 Å². The van der Waals surface area contributed by atoms with Gasteiger partial charge in [-0.1, -0.05) is 25.1 Å². The second-order valence-electron chi connectivity index (χ2n) is 4.18. The van der Waals surface area contributed by atoms with E-state index in [1.54, 1.807) is 19.2 Å². The van der Waals surface area contributed by atoms with E-state index in [4.69, 9.17) is 0 Å². The molecule has 0 bridgehead atoms. The van der Waals surface area contributed by atoms with Gasteiger partial charge in [0.1, 0.15) is 6.54 Å². The quantitative estimate of drug-likeness (QED) is 0.874. The van der Waals surface area contributed by atoms with Crippen LogP contribution in [0.15, 0.2) is 29.2 Å². The van der Waals surface area contributed by atoms with Crippen molar-refractivity contribution in [1.82, 2.24) is 9.62 Å². The number of nitrogens with one attached hydrogen (secondary N) is 1. The van der Waals surface area contributed by atoms with Gasteiger partial charge in [-0.25, -0.2) is 8.42 Å². The first-order chi connectivity index (χ1) is 9.22. The summed E-state index contributed by atoms with van der Waals surface area (Å²) in [4.78, 5) is -0.0968. The van der Waals surface area contributed by atoms with Gasteiger partial charge in [0.25, 0.3) is 0 Å². The summed E-state index contributed by atoms with van der Waals surface area (Å²) >= 11 is 0. The van der Waals surface area contributed by atoms with Crippen molar-refractivity contribution in [2.75, 3.05) is 20.1 Å². The Labute approximate surface area is 116 Å². The molecule has 0 saturated heterocycles. The van der Waals surface area contributed by atoms with Crippen molar-refractivity contribution in [3.05, 3.63) is 29.8 Å². The molecule has 1 rings (SSSR count). The number of sulfonamides is 1. The normalized spacial score (nSPS) is 12.9. The maximum Gasteiger partial charge on any atom is 0.402 e. The van der Waals surface area contributed by atoms with Crippen LogP contribution in [0, 0.1) is 0 Å². The van der Waals surface area contributed by atoms with Crippen molar-refractivity contribution in [2.24, 2.45) is 0 Å². The molecule has 0 aliphatic carbocycles. The third-order valence-electron chi connectivity index (χ3n) is 2.67. The van der Waals surface area contributed by atoms with Crippen LogP contribution in [0.3, 0.4) is 0 Å². The van der Waals surface area contributed by atoms with Crippen LogP contribution in [0.25, 0.3) is 0 Å². The van der Waals surface area contributed by atoms with Crippen molar-refractivity contribution < 1.29 is 21.6 Å². The van der Waals surface area contributed by atoms with Gasteiger partial charge in [-0.15, -0.1) is 0 Å². The standard InChI is InChI=1S/C12H17F3N2O2S/c1-3-17(9-12(13,14)15)20(18,19)11-7-5-4-6-10(11)8-16-2/h4-7,16H,3,8-9H2,1-2H3. The lowest BCUT2D eigenvalue weighted by atomic mass is 10.2. The van der Waals surface area contributed by atoms with Gasteiger partial charge in [0.05, 0.1) is 4.90 Å². The fraction of sp³-hybridized carbons (Fsp3) is 0.500. The molecule has 0 aliphatic rings. The summed E-state index contributed by atoms with van der Waals surface area (Å²) in [6.07, 6.45) is -4.57. The van der Waals surface area contributed by atoms with Crippen molar-refractivity contribution in [3.8, 4) is 0 Å². The highest BCUT2D eigenvalue weighted by atomic mass is 32.2. The Bertz CT molecular complexity index is 544. The third-order valence-corrected chi connectivity index (χ3v) is 4.69. The topological polar surface area (TPSA) is 49.4 Å². The molecule has 4 nitrogen and oxygen atoms in total. The molecule has 8 heteroatoms. The molecule has 114 valence electrons. The highest BCUT2D eigenvalue weighted by molar-refractivity contribution is 7.89. The van der Waals surface area contributed by atoms with E-state index in [0.29, 0.717) is 9.87 Å². The molecule has 0 unspecified atom stereocenters. The molecule has 20 heavy (non-hydrogen) atoms. The zero-order valence-electron chi connectivity index (χ0n) is 11.2. The first-order valence-corrected chi connectivity index (χ1v) is 7.45. The van der Waals surface area contributed by atoms with Crippen LogP contribution in [0.4, 0.5) is 13.2 Å². The van der Waals surface area contributed by atoms with E-state index in [9.17, 15) is 21.6 Å². The van der Waals surface area contributed by atoms with Crippen LogP contribution in [0.1, 0.15) is 12.5 Å². The average molecular weight is 310 g/mol. The minimum atomic E-state index is -4.57. The van der Waals surface area contributed by atoms with E-state index in [1.165, 1.54) is 19.1 Å². The molecule has 1 aromatic rings. The number of alkyl halides is 3. The molecule has 0 radical (unpaired) electrons. The maximum absolute atomic E-state index is 12.5. The van der Waals surface area contributed by atoms with Crippen LogP contribution in [-0.4, -0.2) is 39.0 Å². The van der Waals surface area contributed by atoms with Gasteiger partial charge < -0.3 is 5.32 Å². The van der Waals surface area contributed by atoms with Crippen LogP contribution in [0.2, 0.25) is 0 Å². The fourth-order valence-electron chi connectivity index (χ4n) is 1.80. The molecule has 0 fully saturated rings. The Morgan fingerprint density at radius 3 is 2.35 bits per heavy atom. The lowest BCUT2D eigenvalue weighted by molar-refractivity contribution is -0.135. The highest BCUT2D eigenvalue weighted by Crippen LogP contribution is 2.24. The summed E-state index contributed by atoms with van der Waals surface area (Å²) in [7, 11) is -2.53. The second-order valence-corrected chi connectivity index (χ2v) is 6.09. The van der Waals surface area contributed by atoms with E-state index >= 15 is 0 Å². The third kappa shape index (κ3) is 4.19. The van der Waals surface area contributed by atoms with Crippen LogP contribution in [0.5, 0.6) is 0 Å². The van der Waals surface area contributed by atoms with Gasteiger partial charge in [0.2, 0.25) is 10.0 Å². The minimum Gasteiger partial charge on any atom is -0.316 e. The van der Waals surface area contributed by atoms with Crippen molar-refractivity contribution in [2.45, 2.75) is 24.5 Å². The predicted octanol–water partition coefficient (Wildman–Crippen LogP) is 1.98. The van der Waals surface area contributed by atoms with E-state index in [2.05, 4.69) is 5.32 Å². The molecule has 0 aliphatic heterocycles. The number of hydrogen-bond donors (Lipinski definition) is 1. The van der Waals surface area contributed by atoms with E-state index in [0.717, 1.165) is 0 Å². The molecular formula is C12H17F3N2O2S. The molecule has 0 spiro atoms. The SMILES string of the molecule is CCN(CC(F)(F)F)S(=O)(=O)c1ccccc1CNC. The summed E-state index contributed by atoms with van der Waals surface area (Å²) in [6, 6.07) is 6.03. The van der Waals surface area contributed by atoms with Gasteiger partial charge in [-0.2, -0.15) is 17.5 Å². The summed E-state index contributed by atoms with van der Waals surface area (Å²) in [6.45, 7) is -0.0849. The number of benzene rings is 1. The van der Waals surface area contributed by atoms with Crippen molar-refractivity contribution >= 4 is 10.0 Å². The van der Waals surface area contributed by atoms with Gasteiger partial charge >= 0.3 is 6.18 Å².